The Kier molecular flexibility index (Phi) is 3.24. The van der Waals surface area contributed by atoms with Crippen LogP contribution < -0.4 is 9.47 Å². The molecule has 124 valence electrons. The number of hydrogen-bond donors (Lipinski definition) is 0. The van der Waals surface area contributed by atoms with Crippen molar-refractivity contribution in [2.45, 2.75) is 50.7 Å². The quantitative estimate of drug-likeness (QED) is 0.859. The van der Waals surface area contributed by atoms with Gasteiger partial charge in [0.1, 0.15) is 0 Å². The van der Waals surface area contributed by atoms with E-state index in [4.69, 9.17) is 9.47 Å². The second-order valence-electron chi connectivity index (χ2n) is 7.37. The zero-order chi connectivity index (χ0) is 16.4. The van der Waals surface area contributed by atoms with Gasteiger partial charge < -0.3 is 14.4 Å². The molecule has 1 fully saturated rings. The predicted molar refractivity (Wildman–Crippen MR) is 88.3 cm³/mol. The van der Waals surface area contributed by atoms with E-state index in [0.717, 1.165) is 30.9 Å². The summed E-state index contributed by atoms with van der Waals surface area (Å²) in [6.45, 7) is 5.47. The van der Waals surface area contributed by atoms with Gasteiger partial charge in [0.25, 0.3) is 0 Å². The molecule has 0 aromatic heterocycles. The first-order valence-electron chi connectivity index (χ1n) is 8.62. The van der Waals surface area contributed by atoms with Crippen molar-refractivity contribution < 1.29 is 14.3 Å². The molecular weight excluding hydrogens is 290 g/mol. The van der Waals surface area contributed by atoms with E-state index < -0.39 is 0 Å². The molecule has 0 radical (unpaired) electrons. The molecule has 0 bridgehead atoms. The van der Waals surface area contributed by atoms with Crippen molar-refractivity contribution in [1.29, 1.82) is 0 Å². The Balaban J connectivity index is 1.93. The zero-order valence-electron chi connectivity index (χ0n) is 14.4. The molecule has 4 rings (SSSR count). The normalized spacial score (nSPS) is 34.3. The summed E-state index contributed by atoms with van der Waals surface area (Å²) < 4.78 is 11.7. The average molecular weight is 315 g/mol. The number of rotatable bonds is 3. The monoisotopic (exact) mass is 315 g/mol. The summed E-state index contributed by atoms with van der Waals surface area (Å²) in [7, 11) is 3.87. The lowest BCUT2D eigenvalue weighted by molar-refractivity contribution is -0.134. The van der Waals surface area contributed by atoms with Crippen LogP contribution in [-0.2, 0) is 16.6 Å². The van der Waals surface area contributed by atoms with E-state index in [-0.39, 0.29) is 17.3 Å². The van der Waals surface area contributed by atoms with E-state index in [9.17, 15) is 4.79 Å². The number of nitrogens with zero attached hydrogens (tertiary/aromatic N) is 1. The van der Waals surface area contributed by atoms with Crippen LogP contribution in [0.25, 0.3) is 0 Å². The Labute approximate surface area is 137 Å². The van der Waals surface area contributed by atoms with Crippen LogP contribution in [0.4, 0.5) is 0 Å². The lowest BCUT2D eigenvalue weighted by atomic mass is 9.55. The molecule has 0 unspecified atom stereocenters. The van der Waals surface area contributed by atoms with Gasteiger partial charge in [0.05, 0.1) is 7.11 Å². The van der Waals surface area contributed by atoms with Gasteiger partial charge in [-0.05, 0) is 44.0 Å². The van der Waals surface area contributed by atoms with Crippen molar-refractivity contribution in [2.24, 2.45) is 5.92 Å². The number of likely N-dealkylation sites (N-methyl/N-ethyl adjacent to an activating group) is 1. The maximum Gasteiger partial charge on any atom is 0.174 e. The van der Waals surface area contributed by atoms with Crippen LogP contribution in [0.1, 0.15) is 37.8 Å². The third-order valence-electron chi connectivity index (χ3n) is 6.47. The summed E-state index contributed by atoms with van der Waals surface area (Å²) in [5, 5.41) is 0. The standard InChI is InChI=1S/C19H25NO3/c1-5-20(3)13-10-11-6-9-15(22-4)17-16(11)19(2)12(13)7-8-14(21)18(19)23-17/h6,9,12-13,18H,5,7-8,10H2,1-4H3/t12-,13+,18-,19-/m0/s1. The topological polar surface area (TPSA) is 38.8 Å². The SMILES string of the molecule is CCN(C)[C@@H]1Cc2ccc(OC)c3c2[C@@]2(C)[C@@H](O3)C(=O)CC[C@@H]12. The Morgan fingerprint density at radius 3 is 2.91 bits per heavy atom. The lowest BCUT2D eigenvalue weighted by Gasteiger charge is -2.51. The number of ketones is 1. The molecule has 2 aliphatic carbocycles. The van der Waals surface area contributed by atoms with E-state index in [0.29, 0.717) is 18.4 Å². The van der Waals surface area contributed by atoms with E-state index in [1.807, 2.05) is 6.07 Å². The molecule has 4 heteroatoms. The van der Waals surface area contributed by atoms with Gasteiger partial charge in [-0.1, -0.05) is 19.9 Å². The van der Waals surface area contributed by atoms with Gasteiger partial charge in [0.15, 0.2) is 23.4 Å². The molecule has 1 heterocycles. The van der Waals surface area contributed by atoms with Crippen LogP contribution in [0, 0.1) is 5.92 Å². The molecule has 1 aromatic rings. The minimum absolute atomic E-state index is 0.221. The summed E-state index contributed by atoms with van der Waals surface area (Å²) >= 11 is 0. The summed E-state index contributed by atoms with van der Waals surface area (Å²) in [6, 6.07) is 4.62. The fourth-order valence-electron chi connectivity index (χ4n) is 5.18. The van der Waals surface area contributed by atoms with Gasteiger partial charge in [-0.3, -0.25) is 4.79 Å². The Hall–Kier alpha value is -1.55. The maximum absolute atomic E-state index is 12.6. The molecule has 4 nitrogen and oxygen atoms in total. The van der Waals surface area contributed by atoms with Crippen LogP contribution in [0.3, 0.4) is 0 Å². The molecule has 3 aliphatic rings. The number of carbonyl (C=O) groups is 1. The highest BCUT2D eigenvalue weighted by Gasteiger charge is 2.61. The number of methoxy groups -OCH3 is 1. The number of Topliss-reactive ketones (excluding diaryl/α,β-unsaturated/α-hetero) is 1. The Bertz CT molecular complexity index is 671. The van der Waals surface area contributed by atoms with Crippen LogP contribution in [-0.4, -0.2) is 43.5 Å². The highest BCUT2D eigenvalue weighted by atomic mass is 16.5. The van der Waals surface area contributed by atoms with Gasteiger partial charge >= 0.3 is 0 Å². The number of carbonyl (C=O) groups excluding carboxylic acids is 1. The number of hydrogen-bond acceptors (Lipinski definition) is 4. The molecule has 0 spiro atoms. The minimum Gasteiger partial charge on any atom is -0.493 e. The van der Waals surface area contributed by atoms with Gasteiger partial charge in [-0.2, -0.15) is 0 Å². The molecule has 1 saturated carbocycles. The van der Waals surface area contributed by atoms with Crippen molar-refractivity contribution >= 4 is 5.78 Å². The second kappa shape index (κ2) is 4.97. The number of ether oxygens (including phenoxy) is 2. The van der Waals surface area contributed by atoms with Gasteiger partial charge in [0, 0.05) is 23.4 Å². The minimum atomic E-state index is -0.348. The van der Waals surface area contributed by atoms with Crippen molar-refractivity contribution in [2.75, 3.05) is 20.7 Å². The third kappa shape index (κ3) is 1.78. The molecule has 1 aliphatic heterocycles. The number of benzene rings is 1. The first kappa shape index (κ1) is 15.0. The van der Waals surface area contributed by atoms with E-state index in [2.05, 4.69) is 31.9 Å². The first-order chi connectivity index (χ1) is 11.0. The van der Waals surface area contributed by atoms with Crippen LogP contribution in [0.5, 0.6) is 11.5 Å². The second-order valence-corrected chi connectivity index (χ2v) is 7.37. The highest BCUT2D eigenvalue weighted by molar-refractivity contribution is 5.88. The van der Waals surface area contributed by atoms with E-state index in [1.165, 1.54) is 11.1 Å². The predicted octanol–water partition coefficient (Wildman–Crippen LogP) is 2.57. The highest BCUT2D eigenvalue weighted by Crippen LogP contribution is 2.59. The molecule has 1 aromatic carbocycles. The Morgan fingerprint density at radius 2 is 2.22 bits per heavy atom. The Morgan fingerprint density at radius 1 is 1.43 bits per heavy atom. The fraction of sp³-hybridized carbons (Fsp3) is 0.632. The molecule has 4 atom stereocenters. The molecule has 23 heavy (non-hydrogen) atoms. The average Bonchev–Trinajstić information content (AvgIpc) is 2.88. The first-order valence-corrected chi connectivity index (χ1v) is 8.62. The summed E-state index contributed by atoms with van der Waals surface area (Å²) in [5.41, 5.74) is 2.34. The largest absolute Gasteiger partial charge is 0.493 e. The summed E-state index contributed by atoms with van der Waals surface area (Å²) in [5.74, 6) is 2.27. The van der Waals surface area contributed by atoms with Crippen molar-refractivity contribution in [1.82, 2.24) is 4.90 Å². The molecule has 0 saturated heterocycles. The van der Waals surface area contributed by atoms with Gasteiger partial charge in [-0.25, -0.2) is 0 Å². The summed E-state index contributed by atoms with van der Waals surface area (Å²) in [4.78, 5) is 15.0. The van der Waals surface area contributed by atoms with Gasteiger partial charge in [-0.15, -0.1) is 0 Å². The van der Waals surface area contributed by atoms with Gasteiger partial charge in [0.2, 0.25) is 0 Å². The summed E-state index contributed by atoms with van der Waals surface area (Å²) in [6.07, 6.45) is 2.27. The smallest absolute Gasteiger partial charge is 0.174 e. The van der Waals surface area contributed by atoms with Crippen LogP contribution in [0.15, 0.2) is 12.1 Å². The van der Waals surface area contributed by atoms with Crippen molar-refractivity contribution in [3.8, 4) is 11.5 Å². The van der Waals surface area contributed by atoms with Crippen molar-refractivity contribution in [3.63, 3.8) is 0 Å². The van der Waals surface area contributed by atoms with E-state index in [1.54, 1.807) is 7.11 Å². The molecule has 0 N–H and O–H groups in total. The van der Waals surface area contributed by atoms with E-state index >= 15 is 0 Å². The van der Waals surface area contributed by atoms with Crippen molar-refractivity contribution in [3.05, 3.63) is 23.3 Å². The molecular formula is C19H25NO3. The fourth-order valence-corrected chi connectivity index (χ4v) is 5.18. The zero-order valence-corrected chi connectivity index (χ0v) is 14.4. The third-order valence-corrected chi connectivity index (χ3v) is 6.47. The van der Waals surface area contributed by atoms with Crippen LogP contribution >= 0.6 is 0 Å². The maximum atomic E-state index is 12.6. The van der Waals surface area contributed by atoms with Crippen LogP contribution in [0.2, 0.25) is 0 Å². The molecule has 0 amide bonds. The lowest BCUT2D eigenvalue weighted by Crippen LogP contribution is -2.59.